The molecule has 0 saturated heterocycles. The summed E-state index contributed by atoms with van der Waals surface area (Å²) < 4.78 is 5.37. The van der Waals surface area contributed by atoms with Gasteiger partial charge in [-0.1, -0.05) is 12.2 Å². The molecule has 0 aromatic carbocycles. The van der Waals surface area contributed by atoms with E-state index in [0.29, 0.717) is 5.89 Å². The lowest BCUT2D eigenvalue weighted by molar-refractivity contribution is 0.485. The molecule has 0 amide bonds. The van der Waals surface area contributed by atoms with Crippen LogP contribution in [0.25, 0.3) is 6.08 Å². The molecule has 0 N–H and O–H groups in total. The van der Waals surface area contributed by atoms with E-state index in [1.807, 2.05) is 32.1 Å². The largest absolute Gasteiger partial charge is 0.445 e. The van der Waals surface area contributed by atoms with Crippen LogP contribution in [0.4, 0.5) is 0 Å². The molecule has 1 rings (SSSR count). The second-order valence-electron chi connectivity index (χ2n) is 2.53. The number of nitrogens with zero attached hydrogens (tertiary/aromatic N) is 1. The molecule has 0 fully saturated rings. The molecule has 0 spiro atoms. The number of aromatic nitrogens is 1. The summed E-state index contributed by atoms with van der Waals surface area (Å²) >= 11 is 0. The first-order chi connectivity index (χ1) is 5.77. The van der Waals surface area contributed by atoms with Gasteiger partial charge in [-0.25, -0.2) is 4.98 Å². The normalized spacial score (nSPS) is 10.8. The van der Waals surface area contributed by atoms with E-state index < -0.39 is 0 Å². The first-order valence-corrected chi connectivity index (χ1v) is 3.97. The Hall–Kier alpha value is -1.31. The molecular formula is C10H13NO. The molecule has 2 heteroatoms. The minimum atomic E-state index is 0.708. The summed E-state index contributed by atoms with van der Waals surface area (Å²) in [4.78, 5) is 4.22. The first kappa shape index (κ1) is 8.78. The average Bonchev–Trinajstić information content (AvgIpc) is 2.33. The molecule has 0 saturated carbocycles. The van der Waals surface area contributed by atoms with E-state index in [1.54, 1.807) is 0 Å². The predicted octanol–water partition coefficient (Wildman–Crippen LogP) is 2.74. The van der Waals surface area contributed by atoms with Crippen LogP contribution in [-0.2, 0) is 6.42 Å². The standard InChI is InChI=1S/C10H13NO/c1-4-6-9-10(7-5-2)12-8(3)11-9/h4-6H,2,7H2,1,3H3/b6-4-. The third-order valence-corrected chi connectivity index (χ3v) is 1.49. The molecule has 0 atom stereocenters. The van der Waals surface area contributed by atoms with E-state index >= 15 is 0 Å². The second-order valence-corrected chi connectivity index (χ2v) is 2.53. The van der Waals surface area contributed by atoms with E-state index in [0.717, 1.165) is 17.9 Å². The van der Waals surface area contributed by atoms with Crippen LogP contribution in [0.3, 0.4) is 0 Å². The summed E-state index contributed by atoms with van der Waals surface area (Å²) in [5, 5.41) is 0. The molecule has 12 heavy (non-hydrogen) atoms. The van der Waals surface area contributed by atoms with Crippen molar-refractivity contribution in [1.82, 2.24) is 4.98 Å². The molecule has 64 valence electrons. The van der Waals surface area contributed by atoms with Gasteiger partial charge in [0, 0.05) is 13.3 Å². The highest BCUT2D eigenvalue weighted by Crippen LogP contribution is 2.13. The van der Waals surface area contributed by atoms with Gasteiger partial charge in [0.25, 0.3) is 0 Å². The Balaban J connectivity index is 2.98. The van der Waals surface area contributed by atoms with Gasteiger partial charge >= 0.3 is 0 Å². The minimum Gasteiger partial charge on any atom is -0.445 e. The van der Waals surface area contributed by atoms with Crippen LogP contribution in [0.15, 0.2) is 23.1 Å². The highest BCUT2D eigenvalue weighted by molar-refractivity contribution is 5.46. The molecule has 0 aliphatic heterocycles. The number of allylic oxidation sites excluding steroid dienone is 2. The summed E-state index contributed by atoms with van der Waals surface area (Å²) in [6.07, 6.45) is 6.44. The molecule has 0 aliphatic rings. The molecule has 0 unspecified atom stereocenters. The van der Waals surface area contributed by atoms with Gasteiger partial charge in [-0.3, -0.25) is 0 Å². The molecule has 0 radical (unpaired) electrons. The van der Waals surface area contributed by atoms with Crippen molar-refractivity contribution in [3.63, 3.8) is 0 Å². The van der Waals surface area contributed by atoms with Crippen molar-refractivity contribution in [3.8, 4) is 0 Å². The minimum absolute atomic E-state index is 0.708. The Kier molecular flexibility index (Phi) is 2.86. The Labute approximate surface area is 72.6 Å². The summed E-state index contributed by atoms with van der Waals surface area (Å²) in [5.74, 6) is 1.60. The molecule has 1 aromatic rings. The van der Waals surface area contributed by atoms with Crippen molar-refractivity contribution in [1.29, 1.82) is 0 Å². The van der Waals surface area contributed by atoms with Gasteiger partial charge in [0.2, 0.25) is 0 Å². The van der Waals surface area contributed by atoms with Crippen molar-refractivity contribution in [3.05, 3.63) is 36.1 Å². The Morgan fingerprint density at radius 1 is 1.58 bits per heavy atom. The third-order valence-electron chi connectivity index (χ3n) is 1.49. The number of hydrogen-bond acceptors (Lipinski definition) is 2. The van der Waals surface area contributed by atoms with Crippen molar-refractivity contribution in [2.75, 3.05) is 0 Å². The molecule has 0 aliphatic carbocycles. The van der Waals surface area contributed by atoms with Crippen LogP contribution in [0.5, 0.6) is 0 Å². The quantitative estimate of drug-likeness (QED) is 0.640. The maximum Gasteiger partial charge on any atom is 0.191 e. The van der Waals surface area contributed by atoms with Crippen molar-refractivity contribution >= 4 is 6.08 Å². The molecular weight excluding hydrogens is 150 g/mol. The maximum absolute atomic E-state index is 5.37. The SMILES string of the molecule is C=CCc1oc(C)nc1/C=C\C. The van der Waals surface area contributed by atoms with Gasteiger partial charge in [0.1, 0.15) is 11.5 Å². The van der Waals surface area contributed by atoms with Gasteiger partial charge in [-0.15, -0.1) is 6.58 Å². The molecule has 0 bridgehead atoms. The number of rotatable bonds is 3. The highest BCUT2D eigenvalue weighted by atomic mass is 16.4. The molecule has 1 heterocycles. The Bertz CT molecular complexity index is 297. The lowest BCUT2D eigenvalue weighted by atomic mass is 10.2. The highest BCUT2D eigenvalue weighted by Gasteiger charge is 2.05. The number of oxazole rings is 1. The lowest BCUT2D eigenvalue weighted by Crippen LogP contribution is -1.80. The number of hydrogen-bond donors (Lipinski definition) is 0. The van der Waals surface area contributed by atoms with Gasteiger partial charge in [0.05, 0.1) is 0 Å². The van der Waals surface area contributed by atoms with Crippen LogP contribution in [0, 0.1) is 6.92 Å². The smallest absolute Gasteiger partial charge is 0.191 e. The predicted molar refractivity (Wildman–Crippen MR) is 49.8 cm³/mol. The van der Waals surface area contributed by atoms with E-state index in [-0.39, 0.29) is 0 Å². The van der Waals surface area contributed by atoms with Crippen LogP contribution in [0.2, 0.25) is 0 Å². The monoisotopic (exact) mass is 163 g/mol. The fraction of sp³-hybridized carbons (Fsp3) is 0.300. The Morgan fingerprint density at radius 3 is 2.92 bits per heavy atom. The second kappa shape index (κ2) is 3.90. The fourth-order valence-corrected chi connectivity index (χ4v) is 1.05. The van der Waals surface area contributed by atoms with Gasteiger partial charge in [-0.05, 0) is 13.0 Å². The van der Waals surface area contributed by atoms with Crippen LogP contribution in [-0.4, -0.2) is 4.98 Å². The summed E-state index contributed by atoms with van der Waals surface area (Å²) in [6, 6.07) is 0. The number of aryl methyl sites for hydroxylation is 1. The first-order valence-electron chi connectivity index (χ1n) is 3.97. The molecule has 1 aromatic heterocycles. The van der Waals surface area contributed by atoms with Crippen molar-refractivity contribution in [2.24, 2.45) is 0 Å². The zero-order valence-electron chi connectivity index (χ0n) is 7.50. The van der Waals surface area contributed by atoms with Crippen molar-refractivity contribution < 1.29 is 4.42 Å². The zero-order chi connectivity index (χ0) is 8.97. The lowest BCUT2D eigenvalue weighted by Gasteiger charge is -1.88. The maximum atomic E-state index is 5.37. The van der Waals surface area contributed by atoms with Gasteiger partial charge < -0.3 is 4.42 Å². The van der Waals surface area contributed by atoms with Crippen LogP contribution < -0.4 is 0 Å². The van der Waals surface area contributed by atoms with Gasteiger partial charge in [0.15, 0.2) is 5.89 Å². The van der Waals surface area contributed by atoms with E-state index in [9.17, 15) is 0 Å². The Morgan fingerprint density at radius 2 is 2.33 bits per heavy atom. The summed E-state index contributed by atoms with van der Waals surface area (Å²) in [6.45, 7) is 7.46. The van der Waals surface area contributed by atoms with Crippen molar-refractivity contribution in [2.45, 2.75) is 20.3 Å². The summed E-state index contributed by atoms with van der Waals surface area (Å²) in [5.41, 5.74) is 0.912. The van der Waals surface area contributed by atoms with E-state index in [4.69, 9.17) is 4.42 Å². The average molecular weight is 163 g/mol. The van der Waals surface area contributed by atoms with E-state index in [1.165, 1.54) is 0 Å². The van der Waals surface area contributed by atoms with Crippen LogP contribution in [0.1, 0.15) is 24.3 Å². The summed E-state index contributed by atoms with van der Waals surface area (Å²) in [7, 11) is 0. The third kappa shape index (κ3) is 1.84. The van der Waals surface area contributed by atoms with Crippen LogP contribution >= 0.6 is 0 Å². The van der Waals surface area contributed by atoms with E-state index in [2.05, 4.69) is 11.6 Å². The molecule has 2 nitrogen and oxygen atoms in total. The fourth-order valence-electron chi connectivity index (χ4n) is 1.05. The zero-order valence-corrected chi connectivity index (χ0v) is 7.50. The van der Waals surface area contributed by atoms with Gasteiger partial charge in [-0.2, -0.15) is 0 Å². The topological polar surface area (TPSA) is 26.0 Å².